The van der Waals surface area contributed by atoms with Gasteiger partial charge in [0.2, 0.25) is 5.91 Å². The maximum Gasteiger partial charge on any atom is 0.274 e. The number of nitro groups is 1. The Morgan fingerprint density at radius 1 is 1.48 bits per heavy atom. The van der Waals surface area contributed by atoms with E-state index in [2.05, 4.69) is 5.32 Å². The van der Waals surface area contributed by atoms with E-state index in [4.69, 9.17) is 0 Å². The number of carbonyl (C=O) groups excluding carboxylic acids is 1. The molecule has 1 saturated heterocycles. The van der Waals surface area contributed by atoms with Gasteiger partial charge in [-0.3, -0.25) is 14.9 Å². The highest BCUT2D eigenvalue weighted by Gasteiger charge is 2.19. The van der Waals surface area contributed by atoms with Crippen LogP contribution in [0, 0.1) is 10.1 Å². The summed E-state index contributed by atoms with van der Waals surface area (Å²) in [6.45, 7) is 1.30. The summed E-state index contributed by atoms with van der Waals surface area (Å²) in [5.74, 6) is 0.0295. The van der Waals surface area contributed by atoms with Gasteiger partial charge in [-0.1, -0.05) is 18.2 Å². The molecule has 0 saturated carbocycles. The van der Waals surface area contributed by atoms with E-state index < -0.39 is 4.92 Å². The van der Waals surface area contributed by atoms with Crippen molar-refractivity contribution >= 4 is 11.6 Å². The molecule has 6 nitrogen and oxygen atoms in total. The highest BCUT2D eigenvalue weighted by atomic mass is 16.6. The smallest absolute Gasteiger partial charge is 0.274 e. The lowest BCUT2D eigenvalue weighted by Crippen LogP contribution is -2.29. The molecule has 114 valence electrons. The molecule has 0 radical (unpaired) electrons. The van der Waals surface area contributed by atoms with Crippen LogP contribution < -0.4 is 5.32 Å². The zero-order chi connectivity index (χ0) is 15.2. The molecule has 1 unspecified atom stereocenters. The molecule has 21 heavy (non-hydrogen) atoms. The summed E-state index contributed by atoms with van der Waals surface area (Å²) in [5.41, 5.74) is 0.631. The van der Waals surface area contributed by atoms with Crippen LogP contribution >= 0.6 is 0 Å². The highest BCUT2D eigenvalue weighted by Crippen LogP contribution is 2.19. The van der Waals surface area contributed by atoms with Crippen molar-refractivity contribution in [3.63, 3.8) is 0 Å². The fourth-order valence-corrected chi connectivity index (χ4v) is 2.66. The number of hydrogen-bond donors (Lipinski definition) is 1. The van der Waals surface area contributed by atoms with Gasteiger partial charge in [0.25, 0.3) is 5.69 Å². The molecule has 1 fully saturated rings. The van der Waals surface area contributed by atoms with Crippen molar-refractivity contribution in [2.45, 2.75) is 38.3 Å². The molecular formula is C15H21N3O3. The first-order valence-corrected chi connectivity index (χ1v) is 7.27. The third kappa shape index (κ3) is 4.26. The molecule has 1 heterocycles. The minimum absolute atomic E-state index is 0.0295. The first kappa shape index (κ1) is 15.4. The summed E-state index contributed by atoms with van der Waals surface area (Å²) in [4.78, 5) is 24.2. The maximum absolute atomic E-state index is 12.1. The van der Waals surface area contributed by atoms with Crippen molar-refractivity contribution < 1.29 is 9.72 Å². The Kier molecular flexibility index (Phi) is 5.27. The number of nitrogens with one attached hydrogen (secondary N) is 1. The molecule has 1 N–H and O–H groups in total. The third-order valence-corrected chi connectivity index (χ3v) is 3.89. The number of amides is 1. The molecule has 0 spiro atoms. The number of carbonyl (C=O) groups is 1. The number of rotatable bonds is 6. The van der Waals surface area contributed by atoms with E-state index in [1.54, 1.807) is 30.1 Å². The molecule has 0 bridgehead atoms. The Morgan fingerprint density at radius 3 is 2.90 bits per heavy atom. The molecular weight excluding hydrogens is 270 g/mol. The lowest BCUT2D eigenvalue weighted by atomic mass is 10.1. The van der Waals surface area contributed by atoms with Crippen molar-refractivity contribution in [3.8, 4) is 0 Å². The van der Waals surface area contributed by atoms with E-state index in [1.807, 2.05) is 0 Å². The SMILES string of the molecule is CN(Cc1ccccc1[N+](=O)[O-])C(=O)CCC1CCCN1. The highest BCUT2D eigenvalue weighted by molar-refractivity contribution is 5.76. The fraction of sp³-hybridized carbons (Fsp3) is 0.533. The topological polar surface area (TPSA) is 75.5 Å². The van der Waals surface area contributed by atoms with E-state index in [9.17, 15) is 14.9 Å². The molecule has 0 aliphatic carbocycles. The van der Waals surface area contributed by atoms with Crippen LogP contribution in [0.2, 0.25) is 0 Å². The van der Waals surface area contributed by atoms with E-state index >= 15 is 0 Å². The van der Waals surface area contributed by atoms with Gasteiger partial charge in [-0.05, 0) is 25.8 Å². The summed E-state index contributed by atoms with van der Waals surface area (Å²) >= 11 is 0. The van der Waals surface area contributed by atoms with Crippen molar-refractivity contribution in [1.82, 2.24) is 10.2 Å². The average molecular weight is 291 g/mol. The van der Waals surface area contributed by atoms with Gasteiger partial charge in [0.1, 0.15) is 0 Å². The zero-order valence-electron chi connectivity index (χ0n) is 12.2. The number of nitro benzene ring substituents is 1. The van der Waals surface area contributed by atoms with Crippen LogP contribution in [-0.4, -0.2) is 35.4 Å². The summed E-state index contributed by atoms with van der Waals surface area (Å²) < 4.78 is 0. The monoisotopic (exact) mass is 291 g/mol. The van der Waals surface area contributed by atoms with Gasteiger partial charge in [-0.25, -0.2) is 0 Å². The molecule has 2 rings (SSSR count). The quantitative estimate of drug-likeness (QED) is 0.643. The third-order valence-electron chi connectivity index (χ3n) is 3.89. The minimum Gasteiger partial charge on any atom is -0.341 e. The molecule has 1 aliphatic heterocycles. The van der Waals surface area contributed by atoms with Gasteiger partial charge < -0.3 is 10.2 Å². The van der Waals surface area contributed by atoms with Crippen LogP contribution in [0.3, 0.4) is 0 Å². The first-order valence-electron chi connectivity index (χ1n) is 7.27. The van der Waals surface area contributed by atoms with Gasteiger partial charge in [0.15, 0.2) is 0 Å². The molecule has 6 heteroatoms. The van der Waals surface area contributed by atoms with Crippen LogP contribution in [0.4, 0.5) is 5.69 Å². The zero-order valence-corrected chi connectivity index (χ0v) is 12.2. The maximum atomic E-state index is 12.1. The number of hydrogen-bond acceptors (Lipinski definition) is 4. The van der Waals surface area contributed by atoms with E-state index in [0.717, 1.165) is 19.4 Å². The van der Waals surface area contributed by atoms with Gasteiger partial charge in [-0.15, -0.1) is 0 Å². The molecule has 1 atom stereocenters. The lowest BCUT2D eigenvalue weighted by molar-refractivity contribution is -0.385. The van der Waals surface area contributed by atoms with Crippen LogP contribution in [0.5, 0.6) is 0 Å². The van der Waals surface area contributed by atoms with Crippen molar-refractivity contribution in [1.29, 1.82) is 0 Å². The number of nitrogens with zero attached hydrogens (tertiary/aromatic N) is 2. The molecule has 1 aromatic carbocycles. The van der Waals surface area contributed by atoms with Gasteiger partial charge in [0.05, 0.1) is 11.5 Å². The molecule has 1 amide bonds. The van der Waals surface area contributed by atoms with Crippen molar-refractivity contribution in [2.24, 2.45) is 0 Å². The van der Waals surface area contributed by atoms with E-state index in [-0.39, 0.29) is 18.1 Å². The Morgan fingerprint density at radius 2 is 2.24 bits per heavy atom. The van der Waals surface area contributed by atoms with Crippen LogP contribution in [-0.2, 0) is 11.3 Å². The van der Waals surface area contributed by atoms with Crippen LogP contribution in [0.25, 0.3) is 0 Å². The number of para-hydroxylation sites is 1. The summed E-state index contributed by atoms with van der Waals surface area (Å²) in [5, 5.41) is 14.3. The van der Waals surface area contributed by atoms with Gasteiger partial charge >= 0.3 is 0 Å². The predicted octanol–water partition coefficient (Wildman–Crippen LogP) is 2.09. The fourth-order valence-electron chi connectivity index (χ4n) is 2.66. The van der Waals surface area contributed by atoms with Crippen LogP contribution in [0.15, 0.2) is 24.3 Å². The summed E-state index contributed by atoms with van der Waals surface area (Å²) in [6.07, 6.45) is 3.61. The molecule has 1 aromatic rings. The lowest BCUT2D eigenvalue weighted by Gasteiger charge is -2.18. The Hall–Kier alpha value is -1.95. The number of benzene rings is 1. The molecule has 0 aromatic heterocycles. The Balaban J connectivity index is 1.89. The normalized spacial score (nSPS) is 17.7. The molecule has 1 aliphatic rings. The minimum atomic E-state index is -0.407. The second-order valence-corrected chi connectivity index (χ2v) is 5.47. The van der Waals surface area contributed by atoms with Crippen LogP contribution in [0.1, 0.15) is 31.2 Å². The predicted molar refractivity (Wildman–Crippen MR) is 79.8 cm³/mol. The average Bonchev–Trinajstić information content (AvgIpc) is 2.98. The van der Waals surface area contributed by atoms with Gasteiger partial charge in [0, 0.05) is 31.1 Å². The van der Waals surface area contributed by atoms with Crippen molar-refractivity contribution in [2.75, 3.05) is 13.6 Å². The van der Waals surface area contributed by atoms with E-state index in [1.165, 1.54) is 12.5 Å². The van der Waals surface area contributed by atoms with Gasteiger partial charge in [-0.2, -0.15) is 0 Å². The second-order valence-electron chi connectivity index (χ2n) is 5.47. The summed E-state index contributed by atoms with van der Waals surface area (Å²) in [6, 6.07) is 6.99. The second kappa shape index (κ2) is 7.17. The first-order chi connectivity index (χ1) is 10.1. The van der Waals surface area contributed by atoms with E-state index in [0.29, 0.717) is 18.0 Å². The van der Waals surface area contributed by atoms with Crippen molar-refractivity contribution in [3.05, 3.63) is 39.9 Å². The summed E-state index contributed by atoms with van der Waals surface area (Å²) in [7, 11) is 1.70. The Bertz CT molecular complexity index is 513. The largest absolute Gasteiger partial charge is 0.341 e. The standard InChI is InChI=1S/C15H21N3O3/c1-17(15(19)9-8-13-6-4-10-16-13)11-12-5-2-3-7-14(12)18(20)21/h2-3,5,7,13,16H,4,6,8-11H2,1H3. The Labute approximate surface area is 124 Å².